The van der Waals surface area contributed by atoms with Gasteiger partial charge in [0.25, 0.3) is 0 Å². The van der Waals surface area contributed by atoms with E-state index in [0.29, 0.717) is 5.69 Å². The Kier molecular flexibility index (Phi) is 4.56. The van der Waals surface area contributed by atoms with Crippen molar-refractivity contribution in [2.24, 2.45) is 0 Å². The fraction of sp³-hybridized carbons (Fsp3) is 0.333. The number of benzene rings is 2. The minimum absolute atomic E-state index is 0.103. The van der Waals surface area contributed by atoms with Gasteiger partial charge in [0, 0.05) is 25.2 Å². The number of nitrogens with zero attached hydrogens (tertiary/aromatic N) is 1. The monoisotopic (exact) mass is 303 g/mol. The van der Waals surface area contributed by atoms with Gasteiger partial charge in [-0.25, -0.2) is 8.78 Å². The van der Waals surface area contributed by atoms with E-state index < -0.39 is 11.6 Å². The fourth-order valence-corrected chi connectivity index (χ4v) is 2.74. The van der Waals surface area contributed by atoms with Crippen LogP contribution >= 0.6 is 0 Å². The van der Waals surface area contributed by atoms with Crippen LogP contribution in [0.5, 0.6) is 5.75 Å². The average molecular weight is 303 g/mol. The van der Waals surface area contributed by atoms with Gasteiger partial charge in [0.05, 0.1) is 5.69 Å². The van der Waals surface area contributed by atoms with Crippen molar-refractivity contribution in [3.05, 3.63) is 59.7 Å². The van der Waals surface area contributed by atoms with Crippen LogP contribution in [0.1, 0.15) is 24.8 Å². The van der Waals surface area contributed by atoms with Crippen LogP contribution in [-0.4, -0.2) is 13.1 Å². The van der Waals surface area contributed by atoms with Gasteiger partial charge in [-0.1, -0.05) is 30.3 Å². The molecule has 0 unspecified atom stereocenters. The van der Waals surface area contributed by atoms with Gasteiger partial charge in [0.15, 0.2) is 11.6 Å². The normalized spacial score (nSPS) is 14.9. The van der Waals surface area contributed by atoms with Crippen LogP contribution in [0.25, 0.3) is 0 Å². The second-order valence-corrected chi connectivity index (χ2v) is 5.56. The predicted molar refractivity (Wildman–Crippen MR) is 83.2 cm³/mol. The Hall–Kier alpha value is -2.10. The van der Waals surface area contributed by atoms with Crippen molar-refractivity contribution in [2.75, 3.05) is 18.0 Å². The van der Waals surface area contributed by atoms with E-state index in [1.54, 1.807) is 0 Å². The number of hydrogen-bond donors (Lipinski definition) is 0. The Bertz CT molecular complexity index is 624. The van der Waals surface area contributed by atoms with Crippen LogP contribution in [0.15, 0.2) is 42.5 Å². The zero-order valence-electron chi connectivity index (χ0n) is 12.4. The van der Waals surface area contributed by atoms with Crippen molar-refractivity contribution in [1.82, 2.24) is 0 Å². The van der Waals surface area contributed by atoms with Crippen molar-refractivity contribution < 1.29 is 13.5 Å². The van der Waals surface area contributed by atoms with Crippen LogP contribution in [0.4, 0.5) is 14.5 Å². The highest BCUT2D eigenvalue weighted by Gasteiger charge is 2.18. The first-order valence-electron chi connectivity index (χ1n) is 7.65. The summed E-state index contributed by atoms with van der Waals surface area (Å²) in [6.45, 7) is 1.88. The number of anilines is 1. The predicted octanol–water partition coefficient (Wildman–Crippen LogP) is 4.53. The Morgan fingerprint density at radius 2 is 1.64 bits per heavy atom. The zero-order chi connectivity index (χ0) is 15.4. The topological polar surface area (TPSA) is 12.5 Å². The van der Waals surface area contributed by atoms with E-state index in [-0.39, 0.29) is 12.4 Å². The molecule has 1 saturated heterocycles. The molecule has 1 fully saturated rings. The van der Waals surface area contributed by atoms with Crippen molar-refractivity contribution in [3.8, 4) is 5.75 Å². The van der Waals surface area contributed by atoms with E-state index in [1.165, 1.54) is 6.07 Å². The average Bonchev–Trinajstić information content (AvgIpc) is 2.56. The molecule has 22 heavy (non-hydrogen) atoms. The Labute approximate surface area is 129 Å². The van der Waals surface area contributed by atoms with Crippen molar-refractivity contribution in [1.29, 1.82) is 0 Å². The first-order chi connectivity index (χ1) is 10.7. The molecule has 0 radical (unpaired) electrons. The van der Waals surface area contributed by atoms with Crippen LogP contribution in [0.3, 0.4) is 0 Å². The Balaban J connectivity index is 1.78. The molecule has 4 heteroatoms. The molecule has 1 aliphatic heterocycles. The molecule has 2 aromatic rings. The van der Waals surface area contributed by atoms with E-state index >= 15 is 0 Å². The van der Waals surface area contributed by atoms with E-state index in [4.69, 9.17) is 4.74 Å². The molecular formula is C18H19F2NO. The van der Waals surface area contributed by atoms with E-state index in [0.717, 1.165) is 44.0 Å². The lowest BCUT2D eigenvalue weighted by Gasteiger charge is -2.29. The molecule has 0 bridgehead atoms. The highest BCUT2D eigenvalue weighted by atomic mass is 19.1. The lowest BCUT2D eigenvalue weighted by atomic mass is 10.1. The summed E-state index contributed by atoms with van der Waals surface area (Å²) in [4.78, 5) is 1.97. The van der Waals surface area contributed by atoms with Gasteiger partial charge >= 0.3 is 0 Å². The summed E-state index contributed by atoms with van der Waals surface area (Å²) in [5.74, 6) is -1.08. The van der Waals surface area contributed by atoms with E-state index in [1.807, 2.05) is 35.2 Å². The Morgan fingerprint density at radius 1 is 0.909 bits per heavy atom. The largest absolute Gasteiger partial charge is 0.486 e. The zero-order valence-corrected chi connectivity index (χ0v) is 12.4. The van der Waals surface area contributed by atoms with Crippen molar-refractivity contribution in [2.45, 2.75) is 25.9 Å². The summed E-state index contributed by atoms with van der Waals surface area (Å²) in [6, 6.07) is 11.9. The molecule has 0 spiro atoms. The minimum Gasteiger partial charge on any atom is -0.486 e. The molecule has 0 N–H and O–H groups in total. The van der Waals surface area contributed by atoms with Gasteiger partial charge in [-0.15, -0.1) is 0 Å². The molecule has 2 aromatic carbocycles. The van der Waals surface area contributed by atoms with Gasteiger partial charge in [0.1, 0.15) is 12.4 Å². The quantitative estimate of drug-likeness (QED) is 0.822. The van der Waals surface area contributed by atoms with Crippen molar-refractivity contribution in [3.63, 3.8) is 0 Å². The number of rotatable bonds is 4. The summed E-state index contributed by atoms with van der Waals surface area (Å²) >= 11 is 0. The Morgan fingerprint density at radius 3 is 2.36 bits per heavy atom. The molecule has 2 nitrogen and oxygen atoms in total. The van der Waals surface area contributed by atoms with Crippen LogP contribution in [0, 0.1) is 11.6 Å². The fourth-order valence-electron chi connectivity index (χ4n) is 2.74. The van der Waals surface area contributed by atoms with Crippen LogP contribution in [-0.2, 0) is 6.61 Å². The number of hydrogen-bond acceptors (Lipinski definition) is 2. The molecule has 0 amide bonds. The number of halogens is 2. The van der Waals surface area contributed by atoms with E-state index in [2.05, 4.69) is 0 Å². The summed E-state index contributed by atoms with van der Waals surface area (Å²) in [5, 5.41) is 0. The van der Waals surface area contributed by atoms with Crippen molar-refractivity contribution >= 4 is 5.69 Å². The van der Waals surface area contributed by atoms with Crippen LogP contribution in [0.2, 0.25) is 0 Å². The second kappa shape index (κ2) is 6.77. The summed E-state index contributed by atoms with van der Waals surface area (Å²) in [7, 11) is 0. The third-order valence-corrected chi connectivity index (χ3v) is 3.94. The summed E-state index contributed by atoms with van der Waals surface area (Å²) in [6.07, 6.45) is 3.24. The van der Waals surface area contributed by atoms with Gasteiger partial charge < -0.3 is 9.64 Å². The highest BCUT2D eigenvalue weighted by Crippen LogP contribution is 2.30. The first-order valence-corrected chi connectivity index (χ1v) is 7.65. The maximum atomic E-state index is 14.0. The standard InChI is InChI=1S/C18H19F2NO/c19-15-11-16(20)18(22-13-14-7-3-1-4-8-14)12-17(15)21-9-5-2-6-10-21/h1,3-4,7-8,11-12H,2,5-6,9-10,13H2. The molecule has 3 rings (SSSR count). The smallest absolute Gasteiger partial charge is 0.168 e. The van der Waals surface area contributed by atoms with Gasteiger partial charge in [0.2, 0.25) is 0 Å². The van der Waals surface area contributed by atoms with Crippen LogP contribution < -0.4 is 9.64 Å². The summed E-state index contributed by atoms with van der Waals surface area (Å²) < 4.78 is 33.5. The lowest BCUT2D eigenvalue weighted by molar-refractivity contribution is 0.289. The first kappa shape index (κ1) is 14.8. The van der Waals surface area contributed by atoms with Gasteiger partial charge in [-0.2, -0.15) is 0 Å². The minimum atomic E-state index is -0.658. The molecule has 0 atom stereocenters. The maximum Gasteiger partial charge on any atom is 0.168 e. The van der Waals surface area contributed by atoms with E-state index in [9.17, 15) is 8.78 Å². The maximum absolute atomic E-state index is 14.0. The molecule has 0 aromatic heterocycles. The molecule has 116 valence electrons. The molecule has 1 heterocycles. The number of piperidine rings is 1. The second-order valence-electron chi connectivity index (χ2n) is 5.56. The molecule has 0 saturated carbocycles. The SMILES string of the molecule is Fc1cc(F)c(N2CCCCC2)cc1OCc1ccccc1. The molecule has 0 aliphatic carbocycles. The highest BCUT2D eigenvalue weighted by molar-refractivity contribution is 5.53. The number of ether oxygens (including phenoxy) is 1. The third-order valence-electron chi connectivity index (χ3n) is 3.94. The molecule has 1 aliphatic rings. The van der Waals surface area contributed by atoms with Gasteiger partial charge in [-0.05, 0) is 24.8 Å². The summed E-state index contributed by atoms with van der Waals surface area (Å²) in [5.41, 5.74) is 1.38. The third kappa shape index (κ3) is 3.38. The van der Waals surface area contributed by atoms with Gasteiger partial charge in [-0.3, -0.25) is 0 Å². The molecular weight excluding hydrogens is 284 g/mol. The lowest BCUT2D eigenvalue weighted by Crippen LogP contribution is -2.30.